The first-order chi connectivity index (χ1) is 17.6. The molecule has 2 atom stereocenters. The Bertz CT molecular complexity index is 1150. The maximum Gasteiger partial charge on any atom is 0.416 e. The van der Waals surface area contributed by atoms with Crippen LogP contribution >= 0.6 is 0 Å². The van der Waals surface area contributed by atoms with Crippen molar-refractivity contribution < 1.29 is 35.9 Å². The molecule has 38 heavy (non-hydrogen) atoms. The third kappa shape index (κ3) is 7.32. The zero-order valence-corrected chi connectivity index (χ0v) is 20.9. The van der Waals surface area contributed by atoms with Gasteiger partial charge in [-0.25, -0.2) is 4.79 Å². The van der Waals surface area contributed by atoms with Crippen LogP contribution in [0.2, 0.25) is 0 Å². The predicted octanol–water partition coefficient (Wildman–Crippen LogP) is 7.37. The van der Waals surface area contributed by atoms with Crippen molar-refractivity contribution in [1.29, 1.82) is 0 Å². The van der Waals surface area contributed by atoms with Gasteiger partial charge in [-0.3, -0.25) is 4.90 Å². The number of azide groups is 1. The quantitative estimate of drug-likeness (QED) is 0.171. The Hall–Kier alpha value is -3.44. The van der Waals surface area contributed by atoms with E-state index in [2.05, 4.69) is 10.0 Å². The summed E-state index contributed by atoms with van der Waals surface area (Å²) in [6.07, 6.45) is -9.65. The Labute approximate surface area is 215 Å². The molecule has 1 heterocycles. The SMILES string of the molecule is CC(C)(C)OC(=O)N1CCN([C@H](c2ccc(C(F)(F)F)cc2)[C@@H](N=[N+]=[N-])c2ccc(C(F)(F)F)cc2)CC1. The van der Waals surface area contributed by atoms with Crippen LogP contribution in [0.3, 0.4) is 0 Å². The molecule has 2 aromatic carbocycles. The molecule has 0 aromatic heterocycles. The number of carbonyl (C=O) groups excluding carboxylic acids is 1. The normalized spacial score (nSPS) is 16.9. The highest BCUT2D eigenvalue weighted by molar-refractivity contribution is 5.68. The van der Waals surface area contributed by atoms with Crippen LogP contribution < -0.4 is 0 Å². The molecule has 1 aliphatic heterocycles. The summed E-state index contributed by atoms with van der Waals surface area (Å²) in [5.41, 5.74) is 7.46. The minimum Gasteiger partial charge on any atom is -0.444 e. The molecule has 0 spiro atoms. The number of ether oxygens (including phenoxy) is 1. The standard InChI is InChI=1S/C25H27F6N5O2/c1-23(2,3)38-22(37)36-14-12-35(13-15-36)21(17-6-10-19(11-7-17)25(29,30)31)20(33-34-32)16-4-8-18(9-5-16)24(26,27)28/h4-11,20-21H,12-15H2,1-3H3/t20-,21+/m0/s1. The average Bonchev–Trinajstić information content (AvgIpc) is 2.82. The molecule has 1 aliphatic rings. The number of nitrogens with zero attached hydrogens (tertiary/aromatic N) is 5. The Morgan fingerprint density at radius 2 is 1.29 bits per heavy atom. The molecular weight excluding hydrogens is 516 g/mol. The van der Waals surface area contributed by atoms with Gasteiger partial charge >= 0.3 is 18.4 Å². The van der Waals surface area contributed by atoms with E-state index in [0.717, 1.165) is 24.3 Å². The van der Waals surface area contributed by atoms with Crippen molar-refractivity contribution in [2.75, 3.05) is 26.2 Å². The zero-order chi connectivity index (χ0) is 28.3. The van der Waals surface area contributed by atoms with E-state index in [9.17, 15) is 36.7 Å². The second-order valence-electron chi connectivity index (χ2n) is 9.84. The van der Waals surface area contributed by atoms with Crippen molar-refractivity contribution in [3.63, 3.8) is 0 Å². The Kier molecular flexibility index (Phi) is 8.52. The maximum absolute atomic E-state index is 13.2. The van der Waals surface area contributed by atoms with Crippen LogP contribution in [-0.2, 0) is 17.1 Å². The molecule has 3 rings (SSSR count). The average molecular weight is 544 g/mol. The fourth-order valence-corrected chi connectivity index (χ4v) is 4.21. The lowest BCUT2D eigenvalue weighted by atomic mass is 9.91. The van der Waals surface area contributed by atoms with Crippen molar-refractivity contribution in [3.8, 4) is 0 Å². The monoisotopic (exact) mass is 543 g/mol. The fraction of sp³-hybridized carbons (Fsp3) is 0.480. The lowest BCUT2D eigenvalue weighted by molar-refractivity contribution is -0.138. The van der Waals surface area contributed by atoms with Crippen LogP contribution in [-0.4, -0.2) is 47.7 Å². The molecule has 0 saturated carbocycles. The first-order valence-electron chi connectivity index (χ1n) is 11.7. The van der Waals surface area contributed by atoms with Crippen molar-refractivity contribution >= 4 is 6.09 Å². The highest BCUT2D eigenvalue weighted by Gasteiger charge is 2.36. The Morgan fingerprint density at radius 1 is 0.842 bits per heavy atom. The van der Waals surface area contributed by atoms with Crippen molar-refractivity contribution in [2.45, 2.75) is 50.8 Å². The van der Waals surface area contributed by atoms with Gasteiger partial charge in [0, 0.05) is 37.1 Å². The van der Waals surface area contributed by atoms with Gasteiger partial charge in [0.1, 0.15) is 5.60 Å². The van der Waals surface area contributed by atoms with Crippen LogP contribution in [0.4, 0.5) is 31.1 Å². The van der Waals surface area contributed by atoms with Crippen LogP contribution in [0.25, 0.3) is 10.4 Å². The second kappa shape index (κ2) is 11.1. The van der Waals surface area contributed by atoms with Crippen LogP contribution in [0, 0.1) is 0 Å². The van der Waals surface area contributed by atoms with Gasteiger partial charge in [0.05, 0.1) is 17.2 Å². The van der Waals surface area contributed by atoms with Crippen molar-refractivity contribution in [1.82, 2.24) is 9.80 Å². The first-order valence-corrected chi connectivity index (χ1v) is 11.7. The molecule has 0 unspecified atom stereocenters. The second-order valence-corrected chi connectivity index (χ2v) is 9.84. The molecule has 2 aromatic rings. The number of alkyl halides is 6. The van der Waals surface area contributed by atoms with Gasteiger partial charge in [-0.2, -0.15) is 26.3 Å². The lowest BCUT2D eigenvalue weighted by Crippen LogP contribution is -2.51. The number of piperazine rings is 1. The fourth-order valence-electron chi connectivity index (χ4n) is 4.21. The molecule has 0 N–H and O–H groups in total. The number of hydrogen-bond donors (Lipinski definition) is 0. The number of hydrogen-bond acceptors (Lipinski definition) is 4. The summed E-state index contributed by atoms with van der Waals surface area (Å²) in [7, 11) is 0. The van der Waals surface area contributed by atoms with E-state index in [1.165, 1.54) is 29.2 Å². The summed E-state index contributed by atoms with van der Waals surface area (Å²) < 4.78 is 84.2. The molecule has 1 saturated heterocycles. The van der Waals surface area contributed by atoms with E-state index >= 15 is 0 Å². The van der Waals surface area contributed by atoms with Gasteiger partial charge in [0.2, 0.25) is 0 Å². The lowest BCUT2D eigenvalue weighted by Gasteiger charge is -2.41. The summed E-state index contributed by atoms with van der Waals surface area (Å²) in [6, 6.07) is 6.55. The highest BCUT2D eigenvalue weighted by Crippen LogP contribution is 2.40. The number of halogens is 6. The third-order valence-electron chi connectivity index (χ3n) is 5.99. The van der Waals surface area contributed by atoms with E-state index in [1.54, 1.807) is 20.8 Å². The van der Waals surface area contributed by atoms with Gasteiger partial charge in [0.25, 0.3) is 0 Å². The Morgan fingerprint density at radius 3 is 1.68 bits per heavy atom. The molecule has 0 radical (unpaired) electrons. The van der Waals surface area contributed by atoms with Gasteiger partial charge in [-0.1, -0.05) is 29.4 Å². The minimum absolute atomic E-state index is 0.224. The van der Waals surface area contributed by atoms with E-state index in [4.69, 9.17) is 4.74 Å². The summed E-state index contributed by atoms with van der Waals surface area (Å²) in [5.74, 6) is 0. The number of amides is 1. The van der Waals surface area contributed by atoms with Gasteiger partial charge in [-0.15, -0.1) is 0 Å². The summed E-state index contributed by atoms with van der Waals surface area (Å²) >= 11 is 0. The number of rotatable bonds is 5. The number of benzene rings is 2. The topological polar surface area (TPSA) is 81.5 Å². The maximum atomic E-state index is 13.2. The zero-order valence-electron chi connectivity index (χ0n) is 20.9. The number of carbonyl (C=O) groups is 1. The highest BCUT2D eigenvalue weighted by atomic mass is 19.4. The van der Waals surface area contributed by atoms with Gasteiger partial charge in [-0.05, 0) is 61.7 Å². The van der Waals surface area contributed by atoms with E-state index in [0.29, 0.717) is 5.56 Å². The molecule has 7 nitrogen and oxygen atoms in total. The summed E-state index contributed by atoms with van der Waals surface area (Å²) in [5, 5.41) is 3.84. The summed E-state index contributed by atoms with van der Waals surface area (Å²) in [4.78, 5) is 18.7. The van der Waals surface area contributed by atoms with Crippen molar-refractivity contribution in [2.24, 2.45) is 5.11 Å². The van der Waals surface area contributed by atoms with Crippen LogP contribution in [0.5, 0.6) is 0 Å². The molecule has 0 aliphatic carbocycles. The van der Waals surface area contributed by atoms with Crippen LogP contribution in [0.1, 0.15) is 55.1 Å². The molecule has 206 valence electrons. The van der Waals surface area contributed by atoms with E-state index in [-0.39, 0.29) is 31.7 Å². The van der Waals surface area contributed by atoms with E-state index < -0.39 is 47.3 Å². The molecule has 0 bridgehead atoms. The Balaban J connectivity index is 1.97. The summed E-state index contributed by atoms with van der Waals surface area (Å²) in [6.45, 7) is 6.15. The predicted molar refractivity (Wildman–Crippen MR) is 127 cm³/mol. The van der Waals surface area contributed by atoms with Crippen molar-refractivity contribution in [3.05, 3.63) is 81.2 Å². The molecule has 13 heteroatoms. The minimum atomic E-state index is -4.57. The van der Waals surface area contributed by atoms with Gasteiger partial charge in [0.15, 0.2) is 0 Å². The van der Waals surface area contributed by atoms with E-state index in [1.807, 2.05) is 4.90 Å². The first kappa shape index (κ1) is 29.1. The smallest absolute Gasteiger partial charge is 0.416 e. The van der Waals surface area contributed by atoms with Crippen LogP contribution in [0.15, 0.2) is 53.6 Å². The molecule has 1 amide bonds. The largest absolute Gasteiger partial charge is 0.444 e. The van der Waals surface area contributed by atoms with Gasteiger partial charge < -0.3 is 9.64 Å². The molecular formula is C25H27F6N5O2. The molecule has 1 fully saturated rings. The third-order valence-corrected chi connectivity index (χ3v) is 5.99.